The Bertz CT molecular complexity index is 598. The molecule has 3 aliphatic heterocycles. The number of benzene rings is 1. The van der Waals surface area contributed by atoms with Crippen molar-refractivity contribution in [2.75, 3.05) is 18.5 Å². The summed E-state index contributed by atoms with van der Waals surface area (Å²) in [6.45, 7) is 0.643. The van der Waals surface area contributed by atoms with Crippen molar-refractivity contribution >= 4 is 24.1 Å². The number of amides is 2. The highest BCUT2D eigenvalue weighted by Gasteiger charge is 2.39. The Kier molecular flexibility index (Phi) is 4.52. The number of carbonyl (C=O) groups is 1. The molecule has 2 saturated heterocycles. The van der Waals surface area contributed by atoms with E-state index in [9.17, 15) is 9.18 Å². The molecular weight excluding hydrogens is 317 g/mol. The van der Waals surface area contributed by atoms with Gasteiger partial charge in [0.15, 0.2) is 0 Å². The van der Waals surface area contributed by atoms with Crippen molar-refractivity contribution in [3.8, 4) is 0 Å². The molecule has 4 rings (SSSR count). The molecule has 2 bridgehead atoms. The number of anilines is 1. The average Bonchev–Trinajstić information content (AvgIpc) is 2.97. The molecule has 1 N–H and O–H groups in total. The van der Waals surface area contributed by atoms with E-state index >= 15 is 0 Å². The molecule has 6 heteroatoms. The van der Waals surface area contributed by atoms with E-state index < -0.39 is 0 Å². The van der Waals surface area contributed by atoms with Gasteiger partial charge in [0.1, 0.15) is 5.82 Å². The number of nitrogens with one attached hydrogen (secondary N) is 1. The van der Waals surface area contributed by atoms with Gasteiger partial charge in [0, 0.05) is 30.4 Å². The summed E-state index contributed by atoms with van der Waals surface area (Å²) in [6, 6.07) is 6.16. The fraction of sp³-hybridized carbons (Fsp3) is 0.588. The molecule has 0 spiro atoms. The van der Waals surface area contributed by atoms with Crippen molar-refractivity contribution in [2.24, 2.45) is 0 Å². The third-order valence-electron chi connectivity index (χ3n) is 5.61. The normalized spacial score (nSPS) is 29.1. The van der Waals surface area contributed by atoms with Crippen LogP contribution in [-0.2, 0) is 6.42 Å². The summed E-state index contributed by atoms with van der Waals surface area (Å²) in [6.07, 6.45) is 5.32. The quantitative estimate of drug-likeness (QED) is 0.854. The van der Waals surface area contributed by atoms with Gasteiger partial charge in [-0.2, -0.15) is 0 Å². The minimum atomic E-state index is -0.229. The van der Waals surface area contributed by atoms with Gasteiger partial charge in [0.25, 0.3) is 0 Å². The molecule has 2 unspecified atom stereocenters. The molecule has 0 saturated carbocycles. The maximum Gasteiger partial charge on any atom is 0.322 e. The SMILES string of the molecule is CN1C2CCC1CC(NC(=O)N1CCc3cc(F)ccc31)C2.Cl. The van der Waals surface area contributed by atoms with Crippen LogP contribution in [0.25, 0.3) is 0 Å². The van der Waals surface area contributed by atoms with Gasteiger partial charge in [-0.3, -0.25) is 4.90 Å². The molecule has 23 heavy (non-hydrogen) atoms. The summed E-state index contributed by atoms with van der Waals surface area (Å²) in [5.74, 6) is -0.229. The lowest BCUT2D eigenvalue weighted by Gasteiger charge is -2.37. The zero-order chi connectivity index (χ0) is 15.3. The van der Waals surface area contributed by atoms with Crippen molar-refractivity contribution < 1.29 is 9.18 Å². The Morgan fingerprint density at radius 1 is 1.26 bits per heavy atom. The van der Waals surface area contributed by atoms with Crippen LogP contribution >= 0.6 is 12.4 Å². The van der Waals surface area contributed by atoms with Gasteiger partial charge < -0.3 is 10.2 Å². The van der Waals surface area contributed by atoms with E-state index in [2.05, 4.69) is 17.3 Å². The van der Waals surface area contributed by atoms with E-state index in [1.54, 1.807) is 17.0 Å². The number of hydrogen-bond acceptors (Lipinski definition) is 2. The Hall–Kier alpha value is -1.33. The largest absolute Gasteiger partial charge is 0.335 e. The lowest BCUT2D eigenvalue weighted by molar-refractivity contribution is 0.150. The number of carbonyl (C=O) groups excluding carboxylic acids is 1. The van der Waals surface area contributed by atoms with Crippen LogP contribution in [0.1, 0.15) is 31.2 Å². The summed E-state index contributed by atoms with van der Waals surface area (Å²) in [4.78, 5) is 16.8. The maximum atomic E-state index is 13.3. The summed E-state index contributed by atoms with van der Waals surface area (Å²) in [5, 5.41) is 3.20. The number of nitrogens with zero attached hydrogens (tertiary/aromatic N) is 2. The molecule has 2 fully saturated rings. The second-order valence-electron chi connectivity index (χ2n) is 6.84. The van der Waals surface area contributed by atoms with E-state index in [0.29, 0.717) is 18.6 Å². The molecule has 0 aromatic heterocycles. The average molecular weight is 340 g/mol. The van der Waals surface area contributed by atoms with Gasteiger partial charge in [-0.15, -0.1) is 12.4 Å². The highest BCUT2D eigenvalue weighted by atomic mass is 35.5. The lowest BCUT2D eigenvalue weighted by Crippen LogP contribution is -2.51. The van der Waals surface area contributed by atoms with Crippen LogP contribution in [0.5, 0.6) is 0 Å². The van der Waals surface area contributed by atoms with Gasteiger partial charge in [0.05, 0.1) is 0 Å². The van der Waals surface area contributed by atoms with E-state index in [4.69, 9.17) is 0 Å². The maximum absolute atomic E-state index is 13.3. The van der Waals surface area contributed by atoms with Crippen LogP contribution < -0.4 is 10.2 Å². The standard InChI is InChI=1S/C17H22FN3O.ClH/c1-20-14-3-4-15(20)10-13(9-14)19-17(22)21-7-6-11-8-12(18)2-5-16(11)21;/h2,5,8,13-15H,3-4,6-7,9-10H2,1H3,(H,19,22);1H. The Morgan fingerprint density at radius 2 is 1.96 bits per heavy atom. The fourth-order valence-corrected chi connectivity index (χ4v) is 4.36. The molecule has 1 aromatic rings. The minimum absolute atomic E-state index is 0. The van der Waals surface area contributed by atoms with E-state index in [0.717, 1.165) is 30.5 Å². The molecular formula is C17H23ClFN3O. The van der Waals surface area contributed by atoms with Crippen molar-refractivity contribution in [1.29, 1.82) is 0 Å². The lowest BCUT2D eigenvalue weighted by atomic mass is 9.98. The van der Waals surface area contributed by atoms with Gasteiger partial charge in [-0.1, -0.05) is 0 Å². The summed E-state index contributed by atoms with van der Waals surface area (Å²) in [5.41, 5.74) is 1.79. The molecule has 1 aromatic carbocycles. The first-order chi connectivity index (χ1) is 10.6. The first kappa shape index (κ1) is 16.5. The van der Waals surface area contributed by atoms with E-state index in [1.165, 1.54) is 18.9 Å². The zero-order valence-electron chi connectivity index (χ0n) is 13.3. The minimum Gasteiger partial charge on any atom is -0.335 e. The molecule has 2 atom stereocenters. The van der Waals surface area contributed by atoms with Crippen LogP contribution in [0.15, 0.2) is 18.2 Å². The molecule has 3 aliphatic rings. The molecule has 0 aliphatic carbocycles. The van der Waals surface area contributed by atoms with Crippen molar-refractivity contribution in [1.82, 2.24) is 10.2 Å². The topological polar surface area (TPSA) is 35.6 Å². The third kappa shape index (κ3) is 2.92. The van der Waals surface area contributed by atoms with E-state index in [1.807, 2.05) is 0 Å². The molecule has 3 heterocycles. The Balaban J connectivity index is 0.00000156. The van der Waals surface area contributed by atoms with Crippen LogP contribution in [0.2, 0.25) is 0 Å². The number of urea groups is 1. The van der Waals surface area contributed by atoms with Gasteiger partial charge in [-0.05, 0) is 62.9 Å². The number of halogens is 2. The van der Waals surface area contributed by atoms with Crippen LogP contribution in [0.4, 0.5) is 14.9 Å². The van der Waals surface area contributed by atoms with Crippen molar-refractivity contribution in [2.45, 2.75) is 50.2 Å². The highest BCUT2D eigenvalue weighted by molar-refractivity contribution is 5.94. The first-order valence-corrected chi connectivity index (χ1v) is 8.20. The van der Waals surface area contributed by atoms with Crippen molar-refractivity contribution in [3.05, 3.63) is 29.6 Å². The summed E-state index contributed by atoms with van der Waals surface area (Å²) < 4.78 is 13.3. The number of fused-ring (bicyclic) bond motifs is 3. The van der Waals surface area contributed by atoms with Crippen LogP contribution in [0.3, 0.4) is 0 Å². The Labute approximate surface area is 142 Å². The molecule has 2 amide bonds. The fourth-order valence-electron chi connectivity index (χ4n) is 4.36. The predicted octanol–water partition coefficient (Wildman–Crippen LogP) is 2.94. The predicted molar refractivity (Wildman–Crippen MR) is 90.8 cm³/mol. The monoisotopic (exact) mass is 339 g/mol. The smallest absolute Gasteiger partial charge is 0.322 e. The molecule has 0 radical (unpaired) electrons. The van der Waals surface area contributed by atoms with Gasteiger partial charge >= 0.3 is 6.03 Å². The van der Waals surface area contributed by atoms with E-state index in [-0.39, 0.29) is 30.3 Å². The second kappa shape index (κ2) is 6.29. The van der Waals surface area contributed by atoms with Crippen molar-refractivity contribution in [3.63, 3.8) is 0 Å². The zero-order valence-corrected chi connectivity index (χ0v) is 14.1. The highest BCUT2D eigenvalue weighted by Crippen LogP contribution is 2.34. The van der Waals surface area contributed by atoms with Gasteiger partial charge in [-0.25, -0.2) is 9.18 Å². The molecule has 126 valence electrons. The number of rotatable bonds is 1. The molecule has 4 nitrogen and oxygen atoms in total. The third-order valence-corrected chi connectivity index (χ3v) is 5.61. The summed E-state index contributed by atoms with van der Waals surface area (Å²) >= 11 is 0. The van der Waals surface area contributed by atoms with Crippen LogP contribution in [-0.4, -0.2) is 42.6 Å². The number of hydrogen-bond donors (Lipinski definition) is 1. The van der Waals surface area contributed by atoms with Gasteiger partial charge in [0.2, 0.25) is 0 Å². The van der Waals surface area contributed by atoms with Crippen LogP contribution in [0, 0.1) is 5.82 Å². The number of piperidine rings is 1. The summed E-state index contributed by atoms with van der Waals surface area (Å²) in [7, 11) is 2.20. The Morgan fingerprint density at radius 3 is 2.65 bits per heavy atom. The second-order valence-corrected chi connectivity index (χ2v) is 6.84. The first-order valence-electron chi connectivity index (χ1n) is 8.20.